The molecule has 0 bridgehead atoms. The van der Waals surface area contributed by atoms with Crippen molar-refractivity contribution in [3.8, 4) is 0 Å². The predicted molar refractivity (Wildman–Crippen MR) is 47.6 cm³/mol. The smallest absolute Gasteiger partial charge is 0.0683 e. The third-order valence-corrected chi connectivity index (χ3v) is 3.07. The lowest BCUT2D eigenvalue weighted by molar-refractivity contribution is 0.0536. The van der Waals surface area contributed by atoms with Crippen molar-refractivity contribution in [2.24, 2.45) is 11.8 Å². The van der Waals surface area contributed by atoms with Gasteiger partial charge in [-0.15, -0.1) is 0 Å². The molecule has 0 saturated heterocycles. The predicted octanol–water partition coefficient (Wildman–Crippen LogP) is 2.85. The molecule has 0 aromatic carbocycles. The van der Waals surface area contributed by atoms with Crippen LogP contribution in [-0.2, 0) is 4.74 Å². The summed E-state index contributed by atoms with van der Waals surface area (Å²) in [6.45, 7) is 6.90. The number of methoxy groups -OCH3 is 1. The van der Waals surface area contributed by atoms with E-state index in [0.29, 0.717) is 5.60 Å². The Morgan fingerprint density at radius 1 is 1.27 bits per heavy atom. The molecule has 0 N–H and O–H groups in total. The first-order valence-corrected chi connectivity index (χ1v) is 4.65. The number of hydrogen-bond donors (Lipinski definition) is 0. The van der Waals surface area contributed by atoms with Gasteiger partial charge in [-0.25, -0.2) is 0 Å². The number of ether oxygens (including phenoxy) is 1. The zero-order valence-corrected chi connectivity index (χ0v) is 8.18. The second kappa shape index (κ2) is 3.14. The molecule has 0 spiro atoms. The van der Waals surface area contributed by atoms with E-state index in [1.54, 1.807) is 0 Å². The average Bonchev–Trinajstić information content (AvgIpc) is 2.69. The second-order valence-electron chi connectivity index (χ2n) is 4.31. The maximum absolute atomic E-state index is 5.47. The van der Waals surface area contributed by atoms with Gasteiger partial charge < -0.3 is 4.74 Å². The summed E-state index contributed by atoms with van der Waals surface area (Å²) >= 11 is 0. The highest BCUT2D eigenvalue weighted by Gasteiger charge is 2.43. The Balaban J connectivity index is 2.30. The summed E-state index contributed by atoms with van der Waals surface area (Å²) < 4.78 is 5.47. The van der Waals surface area contributed by atoms with Crippen LogP contribution in [0.15, 0.2) is 0 Å². The summed E-state index contributed by atoms with van der Waals surface area (Å²) in [6.07, 6.45) is 3.81. The Bertz CT molecular complexity index is 125. The molecule has 1 aliphatic carbocycles. The van der Waals surface area contributed by atoms with E-state index < -0.39 is 0 Å². The molecule has 0 amide bonds. The van der Waals surface area contributed by atoms with Crippen LogP contribution in [-0.4, -0.2) is 12.7 Å². The van der Waals surface area contributed by atoms with Gasteiger partial charge in [-0.2, -0.15) is 0 Å². The molecule has 11 heavy (non-hydrogen) atoms. The van der Waals surface area contributed by atoms with Gasteiger partial charge >= 0.3 is 0 Å². The second-order valence-corrected chi connectivity index (χ2v) is 4.31. The molecule has 0 heterocycles. The third-order valence-electron chi connectivity index (χ3n) is 3.07. The molecule has 1 unspecified atom stereocenters. The van der Waals surface area contributed by atoms with E-state index in [-0.39, 0.29) is 0 Å². The molecule has 0 radical (unpaired) electrons. The van der Waals surface area contributed by atoms with Crippen molar-refractivity contribution in [3.63, 3.8) is 0 Å². The average molecular weight is 156 g/mol. The Morgan fingerprint density at radius 3 is 2.09 bits per heavy atom. The van der Waals surface area contributed by atoms with E-state index >= 15 is 0 Å². The summed E-state index contributed by atoms with van der Waals surface area (Å²) in [5, 5.41) is 0. The fourth-order valence-corrected chi connectivity index (χ4v) is 1.45. The third kappa shape index (κ3) is 2.19. The maximum atomic E-state index is 5.47. The maximum Gasteiger partial charge on any atom is 0.0683 e. The largest absolute Gasteiger partial charge is 0.378 e. The Kier molecular flexibility index (Phi) is 2.58. The molecule has 0 aromatic heterocycles. The molecule has 1 nitrogen and oxygen atoms in total. The monoisotopic (exact) mass is 156 g/mol. The fraction of sp³-hybridized carbons (Fsp3) is 1.00. The van der Waals surface area contributed by atoms with Crippen LogP contribution in [0.25, 0.3) is 0 Å². The van der Waals surface area contributed by atoms with Crippen molar-refractivity contribution in [1.82, 2.24) is 0 Å². The van der Waals surface area contributed by atoms with Crippen LogP contribution in [0.1, 0.15) is 40.0 Å². The molecule has 66 valence electrons. The molecular weight excluding hydrogens is 136 g/mol. The highest BCUT2D eigenvalue weighted by Crippen LogP contribution is 2.45. The summed E-state index contributed by atoms with van der Waals surface area (Å²) in [4.78, 5) is 0. The minimum absolute atomic E-state index is 0.295. The first-order valence-electron chi connectivity index (χ1n) is 4.65. The van der Waals surface area contributed by atoms with Gasteiger partial charge in [-0.3, -0.25) is 0 Å². The minimum Gasteiger partial charge on any atom is -0.378 e. The summed E-state index contributed by atoms with van der Waals surface area (Å²) in [5.74, 6) is 1.60. The Hall–Kier alpha value is -0.0400. The van der Waals surface area contributed by atoms with E-state index in [4.69, 9.17) is 4.74 Å². The molecule has 1 fully saturated rings. The number of hydrogen-bond acceptors (Lipinski definition) is 1. The topological polar surface area (TPSA) is 9.23 Å². The van der Waals surface area contributed by atoms with Crippen LogP contribution in [0.5, 0.6) is 0 Å². The standard InChI is InChI=1S/C10H20O/c1-8(2)9(3)7-10(11-4)5-6-10/h8-9H,5-7H2,1-4H3. The normalized spacial score (nSPS) is 23.7. The van der Waals surface area contributed by atoms with Crippen molar-refractivity contribution in [1.29, 1.82) is 0 Å². The fourth-order valence-electron chi connectivity index (χ4n) is 1.45. The highest BCUT2D eigenvalue weighted by atomic mass is 16.5. The van der Waals surface area contributed by atoms with E-state index in [0.717, 1.165) is 11.8 Å². The molecule has 0 aliphatic heterocycles. The van der Waals surface area contributed by atoms with Crippen LogP contribution in [0.2, 0.25) is 0 Å². The van der Waals surface area contributed by atoms with Gasteiger partial charge in [0.2, 0.25) is 0 Å². The minimum atomic E-state index is 0.295. The van der Waals surface area contributed by atoms with E-state index in [1.165, 1.54) is 19.3 Å². The van der Waals surface area contributed by atoms with Gasteiger partial charge in [-0.1, -0.05) is 20.8 Å². The van der Waals surface area contributed by atoms with E-state index in [2.05, 4.69) is 20.8 Å². The quantitative estimate of drug-likeness (QED) is 0.608. The molecule has 1 heteroatoms. The number of rotatable bonds is 4. The van der Waals surface area contributed by atoms with Crippen LogP contribution in [0.4, 0.5) is 0 Å². The lowest BCUT2D eigenvalue weighted by Gasteiger charge is -2.21. The van der Waals surface area contributed by atoms with Gasteiger partial charge in [-0.05, 0) is 31.1 Å². The van der Waals surface area contributed by atoms with Crippen molar-refractivity contribution >= 4 is 0 Å². The molecular formula is C10H20O. The summed E-state index contributed by atoms with van der Waals surface area (Å²) in [5.41, 5.74) is 0.295. The van der Waals surface area contributed by atoms with Gasteiger partial charge in [0.25, 0.3) is 0 Å². The van der Waals surface area contributed by atoms with Crippen molar-refractivity contribution in [2.45, 2.75) is 45.6 Å². The molecule has 1 aliphatic rings. The Labute approximate surface area is 70.1 Å². The summed E-state index contributed by atoms with van der Waals surface area (Å²) in [7, 11) is 1.85. The molecule has 1 saturated carbocycles. The first kappa shape index (κ1) is 9.05. The van der Waals surface area contributed by atoms with E-state index in [9.17, 15) is 0 Å². The molecule has 1 atom stereocenters. The Morgan fingerprint density at radius 2 is 1.82 bits per heavy atom. The van der Waals surface area contributed by atoms with Gasteiger partial charge in [0.15, 0.2) is 0 Å². The van der Waals surface area contributed by atoms with Crippen LogP contribution >= 0.6 is 0 Å². The van der Waals surface area contributed by atoms with Crippen molar-refractivity contribution in [2.75, 3.05) is 7.11 Å². The van der Waals surface area contributed by atoms with Gasteiger partial charge in [0.05, 0.1) is 5.60 Å². The molecule has 0 aromatic rings. The zero-order chi connectivity index (χ0) is 8.48. The van der Waals surface area contributed by atoms with Crippen LogP contribution in [0, 0.1) is 11.8 Å². The summed E-state index contributed by atoms with van der Waals surface area (Å²) in [6, 6.07) is 0. The lowest BCUT2D eigenvalue weighted by Crippen LogP contribution is -2.18. The van der Waals surface area contributed by atoms with Crippen LogP contribution in [0.3, 0.4) is 0 Å². The van der Waals surface area contributed by atoms with Crippen LogP contribution < -0.4 is 0 Å². The first-order chi connectivity index (χ1) is 5.09. The SMILES string of the molecule is COC1(CC(C)C(C)C)CC1. The van der Waals surface area contributed by atoms with Gasteiger partial charge in [0, 0.05) is 7.11 Å². The lowest BCUT2D eigenvalue weighted by atomic mass is 9.91. The van der Waals surface area contributed by atoms with E-state index in [1.807, 2.05) is 7.11 Å². The van der Waals surface area contributed by atoms with Gasteiger partial charge in [0.1, 0.15) is 0 Å². The highest BCUT2D eigenvalue weighted by molar-refractivity contribution is 4.96. The van der Waals surface area contributed by atoms with Crippen molar-refractivity contribution in [3.05, 3.63) is 0 Å². The molecule has 1 rings (SSSR count). The zero-order valence-electron chi connectivity index (χ0n) is 8.18. The van der Waals surface area contributed by atoms with Crippen molar-refractivity contribution < 1.29 is 4.74 Å².